The Morgan fingerprint density at radius 1 is 1.18 bits per heavy atom. The van der Waals surface area contributed by atoms with Crippen LogP contribution < -0.4 is 10.1 Å². The van der Waals surface area contributed by atoms with Gasteiger partial charge < -0.3 is 15.2 Å². The highest BCUT2D eigenvalue weighted by Gasteiger charge is 2.13. The van der Waals surface area contributed by atoms with Crippen LogP contribution in [0.1, 0.15) is 11.1 Å². The number of carbonyl (C=O) groups is 1. The molecule has 28 heavy (non-hydrogen) atoms. The normalized spacial score (nSPS) is 10.5. The monoisotopic (exact) mass is 416 g/mol. The maximum atomic E-state index is 11.3. The van der Waals surface area contributed by atoms with E-state index in [-0.39, 0.29) is 18.3 Å². The molecule has 5 nitrogen and oxygen atoms in total. The van der Waals surface area contributed by atoms with E-state index in [0.29, 0.717) is 27.8 Å². The van der Waals surface area contributed by atoms with Crippen LogP contribution in [0.4, 0.5) is 0 Å². The summed E-state index contributed by atoms with van der Waals surface area (Å²) in [4.78, 5) is 15.4. The summed E-state index contributed by atoms with van der Waals surface area (Å²) in [6.07, 6.45) is 3.84. The van der Waals surface area contributed by atoms with Gasteiger partial charge in [-0.25, -0.2) is 0 Å². The van der Waals surface area contributed by atoms with Gasteiger partial charge in [0, 0.05) is 47.0 Å². The third-order valence-corrected chi connectivity index (χ3v) is 4.85. The Balaban J connectivity index is 1.85. The van der Waals surface area contributed by atoms with Crippen LogP contribution in [0, 0.1) is 0 Å². The molecule has 3 aromatic rings. The van der Waals surface area contributed by atoms with Crippen LogP contribution in [0.2, 0.25) is 10.0 Å². The van der Waals surface area contributed by atoms with Crippen LogP contribution in [-0.4, -0.2) is 29.7 Å². The largest absolute Gasteiger partial charge is 0.507 e. The first-order valence-electron chi connectivity index (χ1n) is 8.51. The van der Waals surface area contributed by atoms with Crippen molar-refractivity contribution in [1.82, 2.24) is 10.3 Å². The molecule has 7 heteroatoms. The minimum atomic E-state index is -0.247. The van der Waals surface area contributed by atoms with Gasteiger partial charge in [-0.3, -0.25) is 9.78 Å². The number of rotatable bonds is 6. The van der Waals surface area contributed by atoms with E-state index in [1.54, 1.807) is 30.6 Å². The molecule has 0 fully saturated rings. The summed E-state index contributed by atoms with van der Waals surface area (Å²) in [6.45, 7) is -0.116. The van der Waals surface area contributed by atoms with Crippen molar-refractivity contribution < 1.29 is 14.6 Å². The van der Waals surface area contributed by atoms with Crippen molar-refractivity contribution in [3.8, 4) is 22.6 Å². The fourth-order valence-corrected chi connectivity index (χ4v) is 3.30. The number of halogens is 2. The maximum Gasteiger partial charge on any atom is 0.257 e. The van der Waals surface area contributed by atoms with Crippen molar-refractivity contribution in [2.45, 2.75) is 6.42 Å². The smallest absolute Gasteiger partial charge is 0.257 e. The Labute approximate surface area is 172 Å². The number of benzene rings is 2. The number of phenols is 1. The molecular formula is C21H18Cl2N2O3. The number of hydrogen-bond acceptors (Lipinski definition) is 4. The lowest BCUT2D eigenvalue weighted by Crippen LogP contribution is -2.24. The molecule has 0 saturated heterocycles. The lowest BCUT2D eigenvalue weighted by Gasteiger charge is -2.12. The van der Waals surface area contributed by atoms with Crippen LogP contribution in [0.3, 0.4) is 0 Å². The second-order valence-corrected chi connectivity index (χ2v) is 6.91. The van der Waals surface area contributed by atoms with E-state index in [9.17, 15) is 9.90 Å². The fraction of sp³-hybridized carbons (Fsp3) is 0.143. The molecule has 1 amide bonds. The zero-order valence-electron chi connectivity index (χ0n) is 15.1. The number of ether oxygens (including phenoxy) is 1. The summed E-state index contributed by atoms with van der Waals surface area (Å²) < 4.78 is 5.40. The number of aromatic hydroxyl groups is 1. The van der Waals surface area contributed by atoms with E-state index in [0.717, 1.165) is 16.7 Å². The molecule has 0 saturated carbocycles. The van der Waals surface area contributed by atoms with Crippen LogP contribution in [0.15, 0.2) is 54.9 Å². The number of hydrogen-bond donors (Lipinski definition) is 2. The molecular weight excluding hydrogens is 399 g/mol. The predicted molar refractivity (Wildman–Crippen MR) is 110 cm³/mol. The Hall–Kier alpha value is -2.76. The highest BCUT2D eigenvalue weighted by atomic mass is 35.5. The summed E-state index contributed by atoms with van der Waals surface area (Å²) in [7, 11) is 1.53. The number of phenolic OH excluding ortho intramolecular Hbond substituents is 1. The van der Waals surface area contributed by atoms with E-state index in [2.05, 4.69) is 10.3 Å². The topological polar surface area (TPSA) is 71.5 Å². The maximum absolute atomic E-state index is 11.3. The van der Waals surface area contributed by atoms with E-state index < -0.39 is 0 Å². The van der Waals surface area contributed by atoms with Gasteiger partial charge in [0.1, 0.15) is 11.5 Å². The van der Waals surface area contributed by atoms with Crippen molar-refractivity contribution in [3.05, 3.63) is 76.0 Å². The molecule has 144 valence electrons. The molecule has 0 atom stereocenters. The van der Waals surface area contributed by atoms with Gasteiger partial charge in [0.25, 0.3) is 5.91 Å². The lowest BCUT2D eigenvalue weighted by atomic mass is 9.99. The highest BCUT2D eigenvalue weighted by Crippen LogP contribution is 2.34. The van der Waals surface area contributed by atoms with Gasteiger partial charge in [0.2, 0.25) is 0 Å². The van der Waals surface area contributed by atoms with Gasteiger partial charge in [-0.2, -0.15) is 0 Å². The van der Waals surface area contributed by atoms with Crippen LogP contribution >= 0.6 is 23.2 Å². The Morgan fingerprint density at radius 3 is 2.57 bits per heavy atom. The number of pyridine rings is 1. The molecule has 1 heterocycles. The number of nitrogens with zero attached hydrogens (tertiary/aromatic N) is 1. The summed E-state index contributed by atoms with van der Waals surface area (Å²) in [5, 5.41) is 13.6. The van der Waals surface area contributed by atoms with Crippen molar-refractivity contribution in [2.24, 2.45) is 0 Å². The summed E-state index contributed by atoms with van der Waals surface area (Å²) in [6, 6.07) is 12.3. The average Bonchev–Trinajstić information content (AvgIpc) is 2.70. The molecule has 0 bridgehead atoms. The second-order valence-electron chi connectivity index (χ2n) is 6.10. The van der Waals surface area contributed by atoms with Crippen molar-refractivity contribution in [1.29, 1.82) is 0 Å². The number of aromatic nitrogens is 1. The summed E-state index contributed by atoms with van der Waals surface area (Å²) in [5.74, 6) is 0.347. The first kappa shape index (κ1) is 20.0. The zero-order chi connectivity index (χ0) is 20.1. The molecule has 0 aliphatic rings. The molecule has 1 aromatic heterocycles. The van der Waals surface area contributed by atoms with Crippen molar-refractivity contribution >= 4 is 29.1 Å². The Morgan fingerprint density at radius 2 is 1.93 bits per heavy atom. The standard InChI is InChI=1S/C21H18Cl2N2O3/c1-24-21(27)12-28-15-9-18(22)17(19(23)10-15)8-13-4-5-20(26)16(7-13)14-3-2-6-25-11-14/h2-7,9-11,26H,8,12H2,1H3,(H,24,27). The summed E-state index contributed by atoms with van der Waals surface area (Å²) in [5.41, 5.74) is 3.17. The molecule has 2 N–H and O–H groups in total. The number of amides is 1. The van der Waals surface area contributed by atoms with Gasteiger partial charge in [-0.1, -0.05) is 35.3 Å². The van der Waals surface area contributed by atoms with Gasteiger partial charge >= 0.3 is 0 Å². The molecule has 0 unspecified atom stereocenters. The molecule has 0 aliphatic heterocycles. The minimum absolute atomic E-state index is 0.116. The number of carbonyl (C=O) groups excluding carboxylic acids is 1. The predicted octanol–water partition coefficient (Wildman–Crippen LogP) is 4.48. The van der Waals surface area contributed by atoms with Crippen molar-refractivity contribution in [2.75, 3.05) is 13.7 Å². The quantitative estimate of drug-likeness (QED) is 0.621. The third kappa shape index (κ3) is 4.74. The Bertz CT molecular complexity index is 971. The van der Waals surface area contributed by atoms with E-state index >= 15 is 0 Å². The molecule has 0 aliphatic carbocycles. The van der Waals surface area contributed by atoms with Crippen LogP contribution in [-0.2, 0) is 11.2 Å². The van der Waals surface area contributed by atoms with Gasteiger partial charge in [-0.05, 0) is 41.5 Å². The van der Waals surface area contributed by atoms with Gasteiger partial charge in [0.15, 0.2) is 6.61 Å². The third-order valence-electron chi connectivity index (χ3n) is 4.18. The van der Waals surface area contributed by atoms with Gasteiger partial charge in [0.05, 0.1) is 0 Å². The first-order chi connectivity index (χ1) is 13.5. The average molecular weight is 417 g/mol. The van der Waals surface area contributed by atoms with Crippen LogP contribution in [0.5, 0.6) is 11.5 Å². The molecule has 2 aromatic carbocycles. The molecule has 3 rings (SSSR count). The zero-order valence-corrected chi connectivity index (χ0v) is 16.6. The van der Waals surface area contributed by atoms with E-state index in [4.69, 9.17) is 27.9 Å². The van der Waals surface area contributed by atoms with E-state index in [1.165, 1.54) is 7.05 Å². The number of nitrogens with one attached hydrogen (secondary N) is 1. The number of likely N-dealkylation sites (N-methyl/N-ethyl adjacent to an activating group) is 1. The molecule has 0 radical (unpaired) electrons. The first-order valence-corrected chi connectivity index (χ1v) is 9.27. The SMILES string of the molecule is CNC(=O)COc1cc(Cl)c(Cc2ccc(O)c(-c3cccnc3)c2)c(Cl)c1. The Kier molecular flexibility index (Phi) is 6.39. The van der Waals surface area contributed by atoms with Crippen molar-refractivity contribution in [3.63, 3.8) is 0 Å². The fourth-order valence-electron chi connectivity index (χ4n) is 2.70. The minimum Gasteiger partial charge on any atom is -0.507 e. The lowest BCUT2D eigenvalue weighted by molar-refractivity contribution is -0.122. The van der Waals surface area contributed by atoms with Gasteiger partial charge in [-0.15, -0.1) is 0 Å². The summed E-state index contributed by atoms with van der Waals surface area (Å²) >= 11 is 12.8. The van der Waals surface area contributed by atoms with Crippen LogP contribution in [0.25, 0.3) is 11.1 Å². The molecule has 0 spiro atoms. The second kappa shape index (κ2) is 8.95. The van der Waals surface area contributed by atoms with E-state index in [1.807, 2.05) is 24.3 Å². The highest BCUT2D eigenvalue weighted by molar-refractivity contribution is 6.36.